The molecule has 20 heavy (non-hydrogen) atoms. The Morgan fingerprint density at radius 2 is 2.05 bits per heavy atom. The van der Waals surface area contributed by atoms with E-state index in [1.165, 1.54) is 19.2 Å². The van der Waals surface area contributed by atoms with Gasteiger partial charge in [0.2, 0.25) is 0 Å². The molecule has 0 saturated heterocycles. The third-order valence-corrected chi connectivity index (χ3v) is 2.68. The largest absolute Gasteiger partial charge is 0.493 e. The second-order valence-electron chi connectivity index (χ2n) is 3.99. The zero-order valence-corrected chi connectivity index (χ0v) is 11.8. The van der Waals surface area contributed by atoms with Crippen LogP contribution in [0.3, 0.4) is 0 Å². The van der Waals surface area contributed by atoms with Gasteiger partial charge < -0.3 is 19.9 Å². The van der Waals surface area contributed by atoms with Crippen LogP contribution >= 0.6 is 0 Å². The van der Waals surface area contributed by atoms with Crippen molar-refractivity contribution in [3.8, 4) is 11.5 Å². The third-order valence-electron chi connectivity index (χ3n) is 2.68. The van der Waals surface area contributed by atoms with Crippen LogP contribution in [0, 0.1) is 10.1 Å². The molecule has 0 bridgehead atoms. The molecule has 0 heterocycles. The number of methoxy groups -OCH3 is 1. The minimum Gasteiger partial charge on any atom is -0.493 e. The van der Waals surface area contributed by atoms with Crippen LogP contribution in [0.4, 0.5) is 5.69 Å². The highest BCUT2D eigenvalue weighted by atomic mass is 16.6. The van der Waals surface area contributed by atoms with Gasteiger partial charge in [-0.2, -0.15) is 0 Å². The fourth-order valence-electron chi connectivity index (χ4n) is 1.68. The van der Waals surface area contributed by atoms with Crippen molar-refractivity contribution in [3.63, 3.8) is 0 Å². The summed E-state index contributed by atoms with van der Waals surface area (Å²) in [5.74, 6) is 0.778. The first kappa shape index (κ1) is 16.2. The van der Waals surface area contributed by atoms with E-state index < -0.39 is 4.92 Å². The quantitative estimate of drug-likeness (QED) is 0.422. The number of hydrogen-bond acceptors (Lipinski definition) is 6. The van der Waals surface area contributed by atoms with Crippen LogP contribution in [-0.4, -0.2) is 31.9 Å². The molecule has 1 rings (SSSR count). The van der Waals surface area contributed by atoms with E-state index in [0.717, 1.165) is 0 Å². The molecular weight excluding hydrogens is 264 g/mol. The van der Waals surface area contributed by atoms with Gasteiger partial charge in [0.05, 0.1) is 24.7 Å². The fourth-order valence-corrected chi connectivity index (χ4v) is 1.68. The van der Waals surface area contributed by atoms with Gasteiger partial charge in [0.15, 0.2) is 11.5 Å². The Morgan fingerprint density at radius 1 is 1.30 bits per heavy atom. The molecule has 1 aromatic carbocycles. The first-order valence-corrected chi connectivity index (χ1v) is 6.39. The first-order valence-electron chi connectivity index (χ1n) is 6.39. The first-order chi connectivity index (χ1) is 9.63. The summed E-state index contributed by atoms with van der Waals surface area (Å²) in [7, 11) is 1.48. The molecule has 0 spiro atoms. The number of nitro benzene ring substituents is 1. The van der Waals surface area contributed by atoms with Crippen LogP contribution in [0.1, 0.15) is 18.9 Å². The summed E-state index contributed by atoms with van der Waals surface area (Å²) in [5, 5.41) is 11.0. The van der Waals surface area contributed by atoms with Crippen molar-refractivity contribution >= 4 is 5.69 Å². The number of rotatable bonds is 9. The number of nitro groups is 1. The third kappa shape index (κ3) is 4.36. The lowest BCUT2D eigenvalue weighted by atomic mass is 10.1. The summed E-state index contributed by atoms with van der Waals surface area (Å²) in [6.45, 7) is 3.62. The van der Waals surface area contributed by atoms with Crippen molar-refractivity contribution in [2.45, 2.75) is 19.9 Å². The average Bonchev–Trinajstić information content (AvgIpc) is 2.46. The van der Waals surface area contributed by atoms with Crippen LogP contribution in [0.25, 0.3) is 0 Å². The SMILES string of the molecule is CCOCCCOc1cc([N+](=O)[O-])c(CN)cc1OC. The molecule has 0 aromatic heterocycles. The maximum atomic E-state index is 11.0. The number of hydrogen-bond donors (Lipinski definition) is 1. The minimum atomic E-state index is -0.477. The fraction of sp³-hybridized carbons (Fsp3) is 0.538. The average molecular weight is 284 g/mol. The Kier molecular flexibility index (Phi) is 6.75. The molecule has 0 saturated carbocycles. The second kappa shape index (κ2) is 8.34. The number of ether oxygens (including phenoxy) is 3. The van der Waals surface area contributed by atoms with Crippen molar-refractivity contribution in [1.82, 2.24) is 0 Å². The lowest BCUT2D eigenvalue weighted by Crippen LogP contribution is -2.06. The Balaban J connectivity index is 2.82. The van der Waals surface area contributed by atoms with Gasteiger partial charge in [-0.15, -0.1) is 0 Å². The van der Waals surface area contributed by atoms with Crippen LogP contribution in [0.2, 0.25) is 0 Å². The molecule has 7 nitrogen and oxygen atoms in total. The van der Waals surface area contributed by atoms with Crippen LogP contribution in [0.5, 0.6) is 11.5 Å². The molecule has 0 atom stereocenters. The molecule has 0 fully saturated rings. The van der Waals surface area contributed by atoms with E-state index in [4.69, 9.17) is 19.9 Å². The predicted octanol–water partition coefficient (Wildman–Crippen LogP) is 1.87. The van der Waals surface area contributed by atoms with Gasteiger partial charge in [0.1, 0.15) is 0 Å². The molecule has 0 radical (unpaired) electrons. The van der Waals surface area contributed by atoms with E-state index in [0.29, 0.717) is 43.3 Å². The zero-order chi connectivity index (χ0) is 15.0. The molecule has 7 heteroatoms. The molecule has 1 aromatic rings. The van der Waals surface area contributed by atoms with Crippen LogP contribution in [0.15, 0.2) is 12.1 Å². The number of nitrogens with zero attached hydrogens (tertiary/aromatic N) is 1. The molecule has 0 unspecified atom stereocenters. The second-order valence-corrected chi connectivity index (χ2v) is 3.99. The Bertz CT molecular complexity index is 451. The van der Waals surface area contributed by atoms with Crippen molar-refractivity contribution in [1.29, 1.82) is 0 Å². The van der Waals surface area contributed by atoms with Crippen LogP contribution in [-0.2, 0) is 11.3 Å². The van der Waals surface area contributed by atoms with E-state index in [9.17, 15) is 10.1 Å². The van der Waals surface area contributed by atoms with E-state index in [1.54, 1.807) is 0 Å². The maximum Gasteiger partial charge on any atom is 0.277 e. The highest BCUT2D eigenvalue weighted by molar-refractivity contribution is 5.54. The summed E-state index contributed by atoms with van der Waals surface area (Å²) in [5.41, 5.74) is 5.85. The Hall–Kier alpha value is -1.86. The zero-order valence-electron chi connectivity index (χ0n) is 11.8. The van der Waals surface area contributed by atoms with E-state index in [1.807, 2.05) is 6.92 Å². The lowest BCUT2D eigenvalue weighted by Gasteiger charge is -2.12. The molecule has 0 aliphatic carbocycles. The predicted molar refractivity (Wildman–Crippen MR) is 74.1 cm³/mol. The van der Waals surface area contributed by atoms with Crippen molar-refractivity contribution in [3.05, 3.63) is 27.8 Å². The van der Waals surface area contributed by atoms with Crippen molar-refractivity contribution in [2.75, 3.05) is 26.9 Å². The monoisotopic (exact) mass is 284 g/mol. The van der Waals surface area contributed by atoms with Crippen LogP contribution < -0.4 is 15.2 Å². The Labute approximate surface area is 117 Å². The minimum absolute atomic E-state index is 0.0619. The van der Waals surface area contributed by atoms with Gasteiger partial charge in [-0.3, -0.25) is 10.1 Å². The standard InChI is InChI=1S/C13H20N2O5/c1-3-19-5-4-6-20-13-8-11(15(16)17)10(9-14)7-12(13)18-2/h7-8H,3-6,9,14H2,1-2H3. The summed E-state index contributed by atoms with van der Waals surface area (Å²) in [6.07, 6.45) is 0.698. The van der Waals surface area contributed by atoms with E-state index in [-0.39, 0.29) is 12.2 Å². The normalized spacial score (nSPS) is 10.3. The summed E-state index contributed by atoms with van der Waals surface area (Å²) < 4.78 is 15.9. The highest BCUT2D eigenvalue weighted by Crippen LogP contribution is 2.34. The maximum absolute atomic E-state index is 11.0. The van der Waals surface area contributed by atoms with E-state index in [2.05, 4.69) is 0 Å². The van der Waals surface area contributed by atoms with Gasteiger partial charge >= 0.3 is 0 Å². The summed E-state index contributed by atoms with van der Waals surface area (Å²) >= 11 is 0. The summed E-state index contributed by atoms with van der Waals surface area (Å²) in [4.78, 5) is 10.5. The molecule has 0 aliphatic heterocycles. The van der Waals surface area contributed by atoms with E-state index >= 15 is 0 Å². The molecule has 0 aliphatic rings. The topological polar surface area (TPSA) is 96.8 Å². The van der Waals surface area contributed by atoms with Crippen molar-refractivity contribution in [2.24, 2.45) is 5.73 Å². The molecule has 0 amide bonds. The summed E-state index contributed by atoms with van der Waals surface area (Å²) in [6, 6.07) is 2.89. The number of nitrogens with two attached hydrogens (primary N) is 1. The molecular formula is C13H20N2O5. The van der Waals surface area contributed by atoms with Gasteiger partial charge in [0.25, 0.3) is 5.69 Å². The van der Waals surface area contributed by atoms with Gasteiger partial charge in [-0.05, 0) is 13.0 Å². The lowest BCUT2D eigenvalue weighted by molar-refractivity contribution is -0.385. The molecule has 2 N–H and O–H groups in total. The highest BCUT2D eigenvalue weighted by Gasteiger charge is 2.18. The van der Waals surface area contributed by atoms with Gasteiger partial charge in [-0.25, -0.2) is 0 Å². The molecule has 112 valence electrons. The van der Waals surface area contributed by atoms with Gasteiger partial charge in [-0.1, -0.05) is 0 Å². The smallest absolute Gasteiger partial charge is 0.277 e. The Morgan fingerprint density at radius 3 is 2.60 bits per heavy atom. The van der Waals surface area contributed by atoms with Gasteiger partial charge in [0, 0.05) is 31.7 Å². The van der Waals surface area contributed by atoms with Crippen molar-refractivity contribution < 1.29 is 19.1 Å². The number of benzene rings is 1.